The van der Waals surface area contributed by atoms with Crippen LogP contribution in [-0.4, -0.2) is 47.9 Å². The number of anilines is 1. The van der Waals surface area contributed by atoms with Crippen molar-refractivity contribution in [2.45, 2.75) is 57.9 Å². The largest absolute Gasteiger partial charge is 0.399 e. The third-order valence-electron chi connectivity index (χ3n) is 5.97. The number of para-hydroxylation sites is 1. The second-order valence-electron chi connectivity index (χ2n) is 7.89. The second-order valence-corrected chi connectivity index (χ2v) is 7.89. The summed E-state index contributed by atoms with van der Waals surface area (Å²) in [5.74, 6) is 0.930. The van der Waals surface area contributed by atoms with Crippen molar-refractivity contribution in [2.24, 2.45) is 5.92 Å². The maximum absolute atomic E-state index is 12.7. The molecule has 3 rings (SSSR count). The molecule has 0 radical (unpaired) electrons. The zero-order valence-electron chi connectivity index (χ0n) is 15.6. The van der Waals surface area contributed by atoms with Gasteiger partial charge < -0.3 is 15.5 Å². The average Bonchev–Trinajstić information content (AvgIpc) is 2.63. The molecule has 2 heterocycles. The Balaban J connectivity index is 1.48. The smallest absolute Gasteiger partial charge is 0.222 e. The van der Waals surface area contributed by atoms with Crippen LogP contribution in [0.2, 0.25) is 0 Å². The highest BCUT2D eigenvalue weighted by Crippen LogP contribution is 2.23. The first-order chi connectivity index (χ1) is 12.1. The number of nitrogens with zero attached hydrogens (tertiary/aromatic N) is 2. The van der Waals surface area contributed by atoms with Crippen LogP contribution >= 0.6 is 0 Å². The molecule has 1 amide bonds. The summed E-state index contributed by atoms with van der Waals surface area (Å²) < 4.78 is 0. The molecule has 2 aliphatic heterocycles. The number of carbonyl (C=O) groups excluding carboxylic acids is 1. The number of nitrogen functional groups attached to an aromatic ring is 1. The Morgan fingerprint density at radius 3 is 2.80 bits per heavy atom. The van der Waals surface area contributed by atoms with Gasteiger partial charge in [-0.2, -0.15) is 0 Å². The van der Waals surface area contributed by atoms with Crippen LogP contribution in [-0.2, 0) is 11.2 Å². The summed E-state index contributed by atoms with van der Waals surface area (Å²) >= 11 is 0. The number of piperidine rings is 2. The molecule has 0 spiro atoms. The lowest BCUT2D eigenvalue weighted by Gasteiger charge is -2.39. The maximum Gasteiger partial charge on any atom is 0.222 e. The summed E-state index contributed by atoms with van der Waals surface area (Å²) in [6.45, 7) is 6.62. The molecule has 2 fully saturated rings. The van der Waals surface area contributed by atoms with Gasteiger partial charge in [0.05, 0.1) is 0 Å². The lowest BCUT2D eigenvalue weighted by atomic mass is 9.94. The molecule has 0 saturated carbocycles. The number of benzene rings is 1. The highest BCUT2D eigenvalue weighted by atomic mass is 16.2. The molecular weight excluding hydrogens is 310 g/mol. The number of hydrogen-bond donors (Lipinski definition) is 1. The van der Waals surface area contributed by atoms with E-state index in [-0.39, 0.29) is 0 Å². The summed E-state index contributed by atoms with van der Waals surface area (Å²) in [5.41, 5.74) is 7.88. The third-order valence-corrected chi connectivity index (χ3v) is 5.97. The molecule has 0 aromatic heterocycles. The number of amides is 1. The zero-order valence-corrected chi connectivity index (χ0v) is 15.6. The standard InChI is InChI=1S/C21H33N3O/c1-17-7-4-5-13-23(17)15-18-8-6-14-24(16-18)21(25)12-11-19-9-2-3-10-20(19)22/h2-3,9-10,17-18H,4-8,11-16,22H2,1H3. The highest BCUT2D eigenvalue weighted by molar-refractivity contribution is 5.76. The van der Waals surface area contributed by atoms with E-state index in [1.54, 1.807) is 0 Å². The molecule has 25 heavy (non-hydrogen) atoms. The minimum absolute atomic E-state index is 0.291. The van der Waals surface area contributed by atoms with Gasteiger partial charge in [-0.05, 0) is 63.1 Å². The first-order valence-electron chi connectivity index (χ1n) is 9.98. The lowest BCUT2D eigenvalue weighted by molar-refractivity contribution is -0.133. The van der Waals surface area contributed by atoms with Gasteiger partial charge in [-0.15, -0.1) is 0 Å². The molecule has 0 bridgehead atoms. The van der Waals surface area contributed by atoms with E-state index < -0.39 is 0 Å². The van der Waals surface area contributed by atoms with Crippen LogP contribution in [0.15, 0.2) is 24.3 Å². The van der Waals surface area contributed by atoms with Crippen LogP contribution in [0, 0.1) is 5.92 Å². The second kappa shape index (κ2) is 8.70. The van der Waals surface area contributed by atoms with E-state index in [1.807, 2.05) is 24.3 Å². The molecular formula is C21H33N3O. The summed E-state index contributed by atoms with van der Waals surface area (Å²) in [7, 11) is 0. The van der Waals surface area contributed by atoms with Crippen molar-refractivity contribution in [1.29, 1.82) is 0 Å². The van der Waals surface area contributed by atoms with Gasteiger partial charge in [-0.3, -0.25) is 4.79 Å². The van der Waals surface area contributed by atoms with Crippen molar-refractivity contribution in [2.75, 3.05) is 31.9 Å². The fourth-order valence-electron chi connectivity index (χ4n) is 4.36. The molecule has 2 aliphatic rings. The van der Waals surface area contributed by atoms with Gasteiger partial charge >= 0.3 is 0 Å². The number of likely N-dealkylation sites (tertiary alicyclic amines) is 2. The fourth-order valence-corrected chi connectivity index (χ4v) is 4.36. The van der Waals surface area contributed by atoms with Gasteiger partial charge in [-0.1, -0.05) is 24.6 Å². The highest BCUT2D eigenvalue weighted by Gasteiger charge is 2.27. The Bertz CT molecular complexity index is 574. The Labute approximate surface area is 152 Å². The van der Waals surface area contributed by atoms with E-state index >= 15 is 0 Å². The quantitative estimate of drug-likeness (QED) is 0.835. The lowest BCUT2D eigenvalue weighted by Crippen LogP contribution is -2.46. The van der Waals surface area contributed by atoms with Gasteiger partial charge in [-0.25, -0.2) is 0 Å². The molecule has 0 aliphatic carbocycles. The van der Waals surface area contributed by atoms with Crippen LogP contribution in [0.3, 0.4) is 0 Å². The van der Waals surface area contributed by atoms with E-state index in [9.17, 15) is 4.79 Å². The Hall–Kier alpha value is -1.55. The van der Waals surface area contributed by atoms with Crippen LogP contribution in [0.4, 0.5) is 5.69 Å². The monoisotopic (exact) mass is 343 g/mol. The van der Waals surface area contributed by atoms with E-state index in [1.165, 1.54) is 32.2 Å². The Morgan fingerprint density at radius 1 is 1.16 bits per heavy atom. The number of nitrogens with two attached hydrogens (primary N) is 1. The van der Waals surface area contributed by atoms with Crippen LogP contribution in [0.1, 0.15) is 51.0 Å². The van der Waals surface area contributed by atoms with E-state index in [4.69, 9.17) is 5.73 Å². The molecule has 2 atom stereocenters. The molecule has 1 aromatic carbocycles. The van der Waals surface area contributed by atoms with Crippen molar-refractivity contribution < 1.29 is 4.79 Å². The van der Waals surface area contributed by atoms with E-state index in [0.29, 0.717) is 24.3 Å². The first-order valence-corrected chi connectivity index (χ1v) is 9.98. The molecule has 2 N–H and O–H groups in total. The molecule has 4 nitrogen and oxygen atoms in total. The van der Waals surface area contributed by atoms with Crippen molar-refractivity contribution >= 4 is 11.6 Å². The number of carbonyl (C=O) groups is 1. The van der Waals surface area contributed by atoms with Crippen LogP contribution in [0.25, 0.3) is 0 Å². The molecule has 2 unspecified atom stereocenters. The predicted molar refractivity (Wildman–Crippen MR) is 103 cm³/mol. The summed E-state index contributed by atoms with van der Waals surface area (Å²) in [5, 5.41) is 0. The minimum atomic E-state index is 0.291. The predicted octanol–water partition coefficient (Wildman–Crippen LogP) is 3.31. The van der Waals surface area contributed by atoms with Gasteiger partial charge in [0, 0.05) is 37.8 Å². The fraction of sp³-hybridized carbons (Fsp3) is 0.667. The number of aryl methyl sites for hydroxylation is 1. The van der Waals surface area contributed by atoms with Gasteiger partial charge in [0.2, 0.25) is 5.91 Å². The van der Waals surface area contributed by atoms with Gasteiger partial charge in [0.25, 0.3) is 0 Å². The molecule has 1 aromatic rings. The van der Waals surface area contributed by atoms with Crippen molar-refractivity contribution in [3.8, 4) is 0 Å². The topological polar surface area (TPSA) is 49.6 Å². The average molecular weight is 344 g/mol. The van der Waals surface area contributed by atoms with Crippen molar-refractivity contribution in [3.05, 3.63) is 29.8 Å². The zero-order chi connectivity index (χ0) is 17.6. The number of rotatable bonds is 5. The SMILES string of the molecule is CC1CCCCN1CC1CCCN(C(=O)CCc2ccccc2N)C1. The molecule has 4 heteroatoms. The van der Waals surface area contributed by atoms with Gasteiger partial charge in [0.15, 0.2) is 0 Å². The third kappa shape index (κ3) is 4.97. The normalized spacial score (nSPS) is 25.1. The van der Waals surface area contributed by atoms with Crippen LogP contribution < -0.4 is 5.73 Å². The molecule has 2 saturated heterocycles. The minimum Gasteiger partial charge on any atom is -0.399 e. The Kier molecular flexibility index (Phi) is 6.35. The maximum atomic E-state index is 12.7. The van der Waals surface area contributed by atoms with Crippen molar-refractivity contribution in [1.82, 2.24) is 9.80 Å². The number of hydrogen-bond acceptors (Lipinski definition) is 3. The van der Waals surface area contributed by atoms with E-state index in [0.717, 1.165) is 43.7 Å². The first kappa shape index (κ1) is 18.2. The summed E-state index contributed by atoms with van der Waals surface area (Å²) in [6.07, 6.45) is 7.75. The van der Waals surface area contributed by atoms with E-state index in [2.05, 4.69) is 16.7 Å². The Morgan fingerprint density at radius 2 is 2.00 bits per heavy atom. The van der Waals surface area contributed by atoms with Crippen molar-refractivity contribution in [3.63, 3.8) is 0 Å². The molecule has 138 valence electrons. The van der Waals surface area contributed by atoms with Crippen LogP contribution in [0.5, 0.6) is 0 Å². The van der Waals surface area contributed by atoms with Gasteiger partial charge in [0.1, 0.15) is 0 Å². The summed E-state index contributed by atoms with van der Waals surface area (Å²) in [4.78, 5) is 17.4. The summed E-state index contributed by atoms with van der Waals surface area (Å²) in [6, 6.07) is 8.58.